The Balaban J connectivity index is 2.51. The Bertz CT molecular complexity index is 1280. The van der Waals surface area contributed by atoms with Crippen LogP contribution in [-0.2, 0) is 30.3 Å². The van der Waals surface area contributed by atoms with Gasteiger partial charge in [-0.2, -0.15) is 0 Å². The standard InChI is InChI=1S/C34H49N3O6/c1-21(2)27(36-32(41)43-34(8,9)10)30(39)37(11)28(25-18-17-22(3)19-23(25)4)29(38)35-26(31(40)42-33(5,6)7)20-24-15-13-12-14-16-24/h12-19,21,26-28H,20H2,1-11H3,(H,35,38)(H,36,41). The van der Waals surface area contributed by atoms with Crippen LogP contribution in [0.2, 0.25) is 0 Å². The third kappa shape index (κ3) is 11.0. The predicted octanol–water partition coefficient (Wildman–Crippen LogP) is 5.42. The van der Waals surface area contributed by atoms with Crippen molar-refractivity contribution in [2.24, 2.45) is 5.92 Å². The zero-order valence-electron chi connectivity index (χ0n) is 27.5. The number of nitrogens with zero attached hydrogens (tertiary/aromatic N) is 1. The van der Waals surface area contributed by atoms with Gasteiger partial charge in [-0.15, -0.1) is 0 Å². The topological polar surface area (TPSA) is 114 Å². The van der Waals surface area contributed by atoms with E-state index < -0.39 is 53.2 Å². The number of nitrogens with one attached hydrogen (secondary N) is 2. The van der Waals surface area contributed by atoms with Crippen LogP contribution in [0.15, 0.2) is 48.5 Å². The van der Waals surface area contributed by atoms with Crippen molar-refractivity contribution in [3.63, 3.8) is 0 Å². The summed E-state index contributed by atoms with van der Waals surface area (Å²) in [6.07, 6.45) is -0.526. The summed E-state index contributed by atoms with van der Waals surface area (Å²) in [7, 11) is 1.53. The molecule has 0 bridgehead atoms. The first kappa shape index (κ1) is 35.3. The highest BCUT2D eigenvalue weighted by atomic mass is 16.6. The molecular formula is C34H49N3O6. The van der Waals surface area contributed by atoms with Crippen molar-refractivity contribution in [2.75, 3.05) is 7.05 Å². The van der Waals surface area contributed by atoms with Crippen LogP contribution in [0.1, 0.15) is 83.7 Å². The second-order valence-corrected chi connectivity index (χ2v) is 13.4. The van der Waals surface area contributed by atoms with E-state index in [9.17, 15) is 19.2 Å². The quantitative estimate of drug-likeness (QED) is 0.355. The zero-order chi connectivity index (χ0) is 32.7. The Kier molecular flexibility index (Phi) is 11.9. The molecule has 43 heavy (non-hydrogen) atoms. The minimum atomic E-state index is -1.10. The molecule has 0 aliphatic carbocycles. The summed E-state index contributed by atoms with van der Waals surface area (Å²) >= 11 is 0. The number of benzene rings is 2. The molecule has 9 nitrogen and oxygen atoms in total. The number of rotatable bonds is 10. The highest BCUT2D eigenvalue weighted by molar-refractivity contribution is 5.94. The molecular weight excluding hydrogens is 546 g/mol. The maximum Gasteiger partial charge on any atom is 0.408 e. The van der Waals surface area contributed by atoms with Crippen LogP contribution >= 0.6 is 0 Å². The first-order valence-corrected chi connectivity index (χ1v) is 14.7. The fraction of sp³-hybridized carbons (Fsp3) is 0.529. The van der Waals surface area contributed by atoms with E-state index in [-0.39, 0.29) is 12.3 Å². The van der Waals surface area contributed by atoms with Crippen molar-refractivity contribution in [3.8, 4) is 0 Å². The van der Waals surface area contributed by atoms with Gasteiger partial charge in [-0.1, -0.05) is 67.9 Å². The molecule has 3 atom stereocenters. The molecule has 2 aromatic rings. The van der Waals surface area contributed by atoms with E-state index >= 15 is 0 Å². The molecule has 0 radical (unpaired) electrons. The Morgan fingerprint density at radius 3 is 1.93 bits per heavy atom. The van der Waals surface area contributed by atoms with E-state index in [4.69, 9.17) is 9.47 Å². The van der Waals surface area contributed by atoms with Crippen LogP contribution in [0.5, 0.6) is 0 Å². The predicted molar refractivity (Wildman–Crippen MR) is 167 cm³/mol. The van der Waals surface area contributed by atoms with Crippen molar-refractivity contribution < 1.29 is 28.7 Å². The van der Waals surface area contributed by atoms with Gasteiger partial charge in [0.15, 0.2) is 0 Å². The van der Waals surface area contributed by atoms with Gasteiger partial charge in [0.1, 0.15) is 29.3 Å². The minimum absolute atomic E-state index is 0.202. The first-order chi connectivity index (χ1) is 19.8. The third-order valence-electron chi connectivity index (χ3n) is 6.60. The summed E-state index contributed by atoms with van der Waals surface area (Å²) in [6, 6.07) is 11.9. The van der Waals surface area contributed by atoms with E-state index in [1.54, 1.807) is 55.4 Å². The second kappa shape index (κ2) is 14.5. The van der Waals surface area contributed by atoms with Crippen molar-refractivity contribution in [3.05, 3.63) is 70.8 Å². The SMILES string of the molecule is Cc1ccc(C(C(=O)NC(Cc2ccccc2)C(=O)OC(C)(C)C)N(C)C(=O)C(NC(=O)OC(C)(C)C)C(C)C)c(C)c1. The maximum absolute atomic E-state index is 14.2. The molecule has 9 heteroatoms. The highest BCUT2D eigenvalue weighted by Gasteiger charge is 2.38. The number of esters is 1. The van der Waals surface area contributed by atoms with Crippen LogP contribution in [0.4, 0.5) is 4.79 Å². The molecule has 0 fully saturated rings. The van der Waals surface area contributed by atoms with Gasteiger partial charge in [0.05, 0.1) is 0 Å². The summed E-state index contributed by atoms with van der Waals surface area (Å²) in [5, 5.41) is 5.57. The molecule has 236 valence electrons. The fourth-order valence-corrected chi connectivity index (χ4v) is 4.62. The van der Waals surface area contributed by atoms with E-state index in [0.717, 1.165) is 16.7 Å². The molecule has 0 aromatic heterocycles. The molecule has 0 saturated carbocycles. The van der Waals surface area contributed by atoms with Crippen LogP contribution in [0.3, 0.4) is 0 Å². The minimum Gasteiger partial charge on any atom is -0.458 e. The Morgan fingerprint density at radius 1 is 0.837 bits per heavy atom. The largest absolute Gasteiger partial charge is 0.458 e. The molecule has 0 aliphatic rings. The first-order valence-electron chi connectivity index (χ1n) is 14.7. The summed E-state index contributed by atoms with van der Waals surface area (Å²) < 4.78 is 11.1. The van der Waals surface area contributed by atoms with Crippen molar-refractivity contribution in [2.45, 2.75) is 105 Å². The molecule has 0 aliphatic heterocycles. The number of carbonyl (C=O) groups is 4. The average Bonchev–Trinajstić information content (AvgIpc) is 2.86. The Morgan fingerprint density at radius 2 is 1.42 bits per heavy atom. The lowest BCUT2D eigenvalue weighted by Crippen LogP contribution is -2.55. The van der Waals surface area contributed by atoms with Crippen molar-refractivity contribution >= 4 is 23.9 Å². The zero-order valence-corrected chi connectivity index (χ0v) is 27.5. The van der Waals surface area contributed by atoms with Gasteiger partial charge in [0, 0.05) is 13.5 Å². The number of aryl methyl sites for hydroxylation is 2. The van der Waals surface area contributed by atoms with E-state index in [1.165, 1.54) is 11.9 Å². The summed E-state index contributed by atoms with van der Waals surface area (Å²) in [5.74, 6) is -1.91. The monoisotopic (exact) mass is 595 g/mol. The molecule has 2 N–H and O–H groups in total. The normalized spacial score (nSPS) is 13.9. The lowest BCUT2D eigenvalue weighted by Gasteiger charge is -2.34. The second-order valence-electron chi connectivity index (χ2n) is 13.4. The van der Waals surface area contributed by atoms with E-state index in [1.807, 2.05) is 62.4 Å². The summed E-state index contributed by atoms with van der Waals surface area (Å²) in [6.45, 7) is 17.9. The number of hydrogen-bond donors (Lipinski definition) is 2. The molecule has 2 rings (SSSR count). The van der Waals surface area contributed by atoms with Gasteiger partial charge < -0.3 is 25.0 Å². The molecule has 0 heterocycles. The lowest BCUT2D eigenvalue weighted by molar-refractivity contribution is -0.159. The Hall–Kier alpha value is -3.88. The van der Waals surface area contributed by atoms with Gasteiger partial charge in [0.25, 0.3) is 0 Å². The fourth-order valence-electron chi connectivity index (χ4n) is 4.62. The van der Waals surface area contributed by atoms with E-state index in [2.05, 4.69) is 10.6 Å². The van der Waals surface area contributed by atoms with Crippen molar-refractivity contribution in [1.82, 2.24) is 15.5 Å². The average molecular weight is 596 g/mol. The smallest absolute Gasteiger partial charge is 0.408 e. The molecule has 0 spiro atoms. The third-order valence-corrected chi connectivity index (χ3v) is 6.60. The summed E-state index contributed by atoms with van der Waals surface area (Å²) in [4.78, 5) is 55.4. The lowest BCUT2D eigenvalue weighted by atomic mass is 9.95. The molecule has 0 saturated heterocycles. The van der Waals surface area contributed by atoms with Gasteiger partial charge in [0.2, 0.25) is 11.8 Å². The van der Waals surface area contributed by atoms with Gasteiger partial charge in [-0.3, -0.25) is 9.59 Å². The van der Waals surface area contributed by atoms with E-state index in [0.29, 0.717) is 5.56 Å². The molecule has 2 aromatic carbocycles. The van der Waals surface area contributed by atoms with Gasteiger partial charge in [-0.05, 0) is 78.0 Å². The number of likely N-dealkylation sites (N-methyl/N-ethyl adjacent to an activating group) is 1. The number of alkyl carbamates (subject to hydrolysis) is 1. The molecule has 3 unspecified atom stereocenters. The number of carbonyl (C=O) groups excluding carboxylic acids is 4. The van der Waals surface area contributed by atoms with Crippen molar-refractivity contribution in [1.29, 1.82) is 0 Å². The van der Waals surface area contributed by atoms with Gasteiger partial charge in [-0.25, -0.2) is 9.59 Å². The Labute approximate surface area is 256 Å². The number of amides is 3. The number of ether oxygens (including phenoxy) is 2. The van der Waals surface area contributed by atoms with Crippen LogP contribution in [0.25, 0.3) is 0 Å². The van der Waals surface area contributed by atoms with Gasteiger partial charge >= 0.3 is 12.1 Å². The highest BCUT2D eigenvalue weighted by Crippen LogP contribution is 2.27. The number of hydrogen-bond acceptors (Lipinski definition) is 6. The van der Waals surface area contributed by atoms with Crippen LogP contribution in [0, 0.1) is 19.8 Å². The van der Waals surface area contributed by atoms with Crippen LogP contribution in [-0.4, -0.2) is 59.1 Å². The van der Waals surface area contributed by atoms with Crippen LogP contribution < -0.4 is 10.6 Å². The molecule has 3 amide bonds. The maximum atomic E-state index is 14.2. The summed E-state index contributed by atoms with van der Waals surface area (Å²) in [5.41, 5.74) is 1.72.